The lowest BCUT2D eigenvalue weighted by Gasteiger charge is -2.11. The van der Waals surface area contributed by atoms with Crippen LogP contribution in [0.5, 0.6) is 0 Å². The van der Waals surface area contributed by atoms with Crippen LogP contribution in [0.25, 0.3) is 10.8 Å². The molecule has 2 unspecified atom stereocenters. The van der Waals surface area contributed by atoms with E-state index in [0.717, 1.165) is 5.39 Å². The van der Waals surface area contributed by atoms with E-state index in [-0.39, 0.29) is 16.7 Å². The smallest absolute Gasteiger partial charge is 0.241 e. The van der Waals surface area contributed by atoms with Gasteiger partial charge in [0, 0.05) is 34.2 Å². The van der Waals surface area contributed by atoms with E-state index in [0.29, 0.717) is 11.8 Å². The van der Waals surface area contributed by atoms with Crippen LogP contribution in [0.1, 0.15) is 13.3 Å². The van der Waals surface area contributed by atoms with E-state index < -0.39 is 20.8 Å². The average molecular weight is 325 g/mol. The topological polar surface area (TPSA) is 63.2 Å². The van der Waals surface area contributed by atoms with Crippen LogP contribution >= 0.6 is 0 Å². The van der Waals surface area contributed by atoms with Gasteiger partial charge in [-0.2, -0.15) is 0 Å². The molecule has 2 rings (SSSR count). The summed E-state index contributed by atoms with van der Waals surface area (Å²) in [5.74, 6) is 0. The number of nitrogens with one attached hydrogen (secondary N) is 1. The molecule has 0 bridgehead atoms. The summed E-state index contributed by atoms with van der Waals surface area (Å²) in [5, 5.41) is 1.57. The van der Waals surface area contributed by atoms with Crippen molar-refractivity contribution in [1.82, 2.24) is 4.72 Å². The second kappa shape index (κ2) is 6.68. The van der Waals surface area contributed by atoms with Gasteiger partial charge in [-0.1, -0.05) is 43.3 Å². The highest BCUT2D eigenvalue weighted by molar-refractivity contribution is 7.89. The van der Waals surface area contributed by atoms with Crippen molar-refractivity contribution in [2.75, 3.05) is 12.8 Å². The third-order valence-electron chi connectivity index (χ3n) is 3.45. The number of benzene rings is 2. The molecule has 2 aromatic carbocycles. The molecule has 0 aliphatic carbocycles. The predicted molar refractivity (Wildman–Crippen MR) is 87.3 cm³/mol. The SMILES string of the molecule is CC(CCNS(=O)(=O)c1cccc2ccccc12)S(C)=O. The highest BCUT2D eigenvalue weighted by Gasteiger charge is 2.17. The molecule has 1 N–H and O–H groups in total. The van der Waals surface area contributed by atoms with Gasteiger partial charge in [0.2, 0.25) is 10.0 Å². The second-order valence-corrected chi connectivity index (χ2v) is 8.51. The lowest BCUT2D eigenvalue weighted by atomic mass is 10.1. The maximum atomic E-state index is 12.4. The quantitative estimate of drug-likeness (QED) is 0.886. The second-order valence-electron chi connectivity index (χ2n) is 4.97. The monoisotopic (exact) mass is 325 g/mol. The summed E-state index contributed by atoms with van der Waals surface area (Å²) < 4.78 is 38.7. The van der Waals surface area contributed by atoms with Crippen molar-refractivity contribution in [2.45, 2.75) is 23.5 Å². The molecule has 0 radical (unpaired) electrons. The molecule has 114 valence electrons. The minimum atomic E-state index is -3.56. The van der Waals surface area contributed by atoms with E-state index >= 15 is 0 Å². The number of hydrogen-bond acceptors (Lipinski definition) is 3. The van der Waals surface area contributed by atoms with Gasteiger partial charge in [0.1, 0.15) is 0 Å². The van der Waals surface area contributed by atoms with Gasteiger partial charge in [-0.3, -0.25) is 4.21 Å². The molecule has 0 saturated carbocycles. The fraction of sp³-hybridized carbons (Fsp3) is 0.333. The Hall–Kier alpha value is -1.24. The molecule has 4 nitrogen and oxygen atoms in total. The van der Waals surface area contributed by atoms with Crippen LogP contribution in [0.3, 0.4) is 0 Å². The molecule has 2 aromatic rings. The minimum absolute atomic E-state index is 0.0276. The zero-order chi connectivity index (χ0) is 15.5. The van der Waals surface area contributed by atoms with Crippen LogP contribution in [-0.2, 0) is 20.8 Å². The molecule has 0 aromatic heterocycles. The van der Waals surface area contributed by atoms with E-state index in [4.69, 9.17) is 0 Å². The van der Waals surface area contributed by atoms with Crippen molar-refractivity contribution in [3.05, 3.63) is 42.5 Å². The fourth-order valence-electron chi connectivity index (χ4n) is 2.07. The first kappa shape index (κ1) is 16.1. The number of sulfonamides is 1. The summed E-state index contributed by atoms with van der Waals surface area (Å²) in [6.07, 6.45) is 2.18. The Morgan fingerprint density at radius 2 is 1.81 bits per heavy atom. The Morgan fingerprint density at radius 3 is 2.52 bits per heavy atom. The normalized spacial score (nSPS) is 15.0. The summed E-state index contributed by atoms with van der Waals surface area (Å²) in [5.41, 5.74) is 0. The summed E-state index contributed by atoms with van der Waals surface area (Å²) in [6.45, 7) is 2.13. The molecule has 0 heterocycles. The molecule has 0 fully saturated rings. The molecular weight excluding hydrogens is 306 g/mol. The third-order valence-corrected chi connectivity index (χ3v) is 6.34. The summed E-state index contributed by atoms with van der Waals surface area (Å²) in [4.78, 5) is 0.283. The van der Waals surface area contributed by atoms with E-state index in [2.05, 4.69) is 4.72 Å². The Balaban J connectivity index is 2.20. The lowest BCUT2D eigenvalue weighted by Crippen LogP contribution is -2.27. The Morgan fingerprint density at radius 1 is 1.14 bits per heavy atom. The van der Waals surface area contributed by atoms with Crippen molar-refractivity contribution >= 4 is 31.6 Å². The lowest BCUT2D eigenvalue weighted by molar-refractivity contribution is 0.579. The van der Waals surface area contributed by atoms with Crippen LogP contribution in [0.2, 0.25) is 0 Å². The standard InChI is InChI=1S/C15H19NO3S2/c1-12(20(2)17)10-11-16-21(18,19)15-9-5-7-13-6-3-4-8-14(13)15/h3-9,12,16H,10-11H2,1-2H3. The highest BCUT2D eigenvalue weighted by Crippen LogP contribution is 2.22. The van der Waals surface area contributed by atoms with Crippen LogP contribution < -0.4 is 4.72 Å². The molecule has 0 saturated heterocycles. The highest BCUT2D eigenvalue weighted by atomic mass is 32.2. The number of rotatable bonds is 6. The first-order valence-electron chi connectivity index (χ1n) is 6.71. The van der Waals surface area contributed by atoms with Gasteiger partial charge in [0.25, 0.3) is 0 Å². The van der Waals surface area contributed by atoms with Crippen LogP contribution in [0.4, 0.5) is 0 Å². The maximum Gasteiger partial charge on any atom is 0.241 e. The summed E-state index contributed by atoms with van der Waals surface area (Å²) in [7, 11) is -4.50. The zero-order valence-electron chi connectivity index (χ0n) is 12.1. The van der Waals surface area contributed by atoms with Gasteiger partial charge < -0.3 is 0 Å². The molecule has 6 heteroatoms. The molecule has 0 aliphatic heterocycles. The first-order valence-corrected chi connectivity index (χ1v) is 9.82. The number of fused-ring (bicyclic) bond motifs is 1. The molecule has 21 heavy (non-hydrogen) atoms. The van der Waals surface area contributed by atoms with Gasteiger partial charge in [0.05, 0.1) is 4.90 Å². The van der Waals surface area contributed by atoms with Crippen molar-refractivity contribution in [3.8, 4) is 0 Å². The van der Waals surface area contributed by atoms with Crippen LogP contribution in [0, 0.1) is 0 Å². The molecule has 2 atom stereocenters. The van der Waals surface area contributed by atoms with E-state index in [1.54, 1.807) is 24.5 Å². The van der Waals surface area contributed by atoms with Crippen molar-refractivity contribution in [2.24, 2.45) is 0 Å². The van der Waals surface area contributed by atoms with Gasteiger partial charge >= 0.3 is 0 Å². The first-order chi connectivity index (χ1) is 9.92. The zero-order valence-corrected chi connectivity index (χ0v) is 13.7. The van der Waals surface area contributed by atoms with Crippen molar-refractivity contribution < 1.29 is 12.6 Å². The largest absolute Gasteiger partial charge is 0.260 e. The summed E-state index contributed by atoms with van der Waals surface area (Å²) >= 11 is 0. The Labute approximate surface area is 128 Å². The Kier molecular flexibility index (Phi) is 5.13. The molecule has 0 aliphatic rings. The van der Waals surface area contributed by atoms with Crippen molar-refractivity contribution in [1.29, 1.82) is 0 Å². The predicted octanol–water partition coefficient (Wildman–Crippen LogP) is 2.28. The van der Waals surface area contributed by atoms with Gasteiger partial charge in [-0.25, -0.2) is 13.1 Å². The minimum Gasteiger partial charge on any atom is -0.260 e. The average Bonchev–Trinajstić information content (AvgIpc) is 2.46. The van der Waals surface area contributed by atoms with Crippen LogP contribution in [-0.4, -0.2) is 30.7 Å². The third kappa shape index (κ3) is 3.90. The van der Waals surface area contributed by atoms with E-state index in [1.165, 1.54) is 0 Å². The Bertz CT molecular complexity index is 751. The molecule has 0 spiro atoms. The van der Waals surface area contributed by atoms with Gasteiger partial charge in [-0.15, -0.1) is 0 Å². The summed E-state index contributed by atoms with van der Waals surface area (Å²) in [6, 6.07) is 12.6. The molecule has 0 amide bonds. The van der Waals surface area contributed by atoms with Crippen LogP contribution in [0.15, 0.2) is 47.4 Å². The maximum absolute atomic E-state index is 12.4. The van der Waals surface area contributed by atoms with Crippen molar-refractivity contribution in [3.63, 3.8) is 0 Å². The number of hydrogen-bond donors (Lipinski definition) is 1. The van der Waals surface area contributed by atoms with E-state index in [9.17, 15) is 12.6 Å². The van der Waals surface area contributed by atoms with Gasteiger partial charge in [0.15, 0.2) is 0 Å². The fourth-order valence-corrected chi connectivity index (χ4v) is 3.80. The van der Waals surface area contributed by atoms with Gasteiger partial charge in [-0.05, 0) is 17.9 Å². The van der Waals surface area contributed by atoms with E-state index in [1.807, 2.05) is 31.2 Å². The molecular formula is C15H19NO3S2.